The number of fused-ring (bicyclic) bond motifs is 1. The Morgan fingerprint density at radius 1 is 1.23 bits per heavy atom. The summed E-state index contributed by atoms with van der Waals surface area (Å²) in [7, 11) is 1.55. The minimum atomic E-state index is -0.309. The largest absolute Gasteiger partial charge is 0.497 e. The first-order valence-corrected chi connectivity index (χ1v) is 6.63. The summed E-state index contributed by atoms with van der Waals surface area (Å²) < 4.78 is 15.6. The molecule has 1 amide bonds. The van der Waals surface area contributed by atoms with E-state index in [0.29, 0.717) is 22.8 Å². The molecule has 0 aliphatic carbocycles. The summed E-state index contributed by atoms with van der Waals surface area (Å²) >= 11 is 0. The topological polar surface area (TPSA) is 69.2 Å². The molecule has 0 saturated heterocycles. The van der Waals surface area contributed by atoms with Crippen LogP contribution in [0.1, 0.15) is 15.9 Å². The molecule has 2 aromatic carbocycles. The van der Waals surface area contributed by atoms with E-state index in [9.17, 15) is 4.79 Å². The molecule has 0 fully saturated rings. The first-order valence-electron chi connectivity index (χ1n) is 6.63. The zero-order valence-corrected chi connectivity index (χ0v) is 11.9. The summed E-state index contributed by atoms with van der Waals surface area (Å²) in [5.41, 5.74) is 3.74. The van der Waals surface area contributed by atoms with Crippen molar-refractivity contribution in [3.05, 3.63) is 53.6 Å². The van der Waals surface area contributed by atoms with Crippen molar-refractivity contribution in [2.45, 2.75) is 0 Å². The summed E-state index contributed by atoms with van der Waals surface area (Å²) in [5, 5.41) is 3.94. The molecule has 0 radical (unpaired) electrons. The average molecular weight is 298 g/mol. The predicted molar refractivity (Wildman–Crippen MR) is 80.6 cm³/mol. The maximum atomic E-state index is 12.0. The molecule has 2 aromatic rings. The maximum Gasteiger partial charge on any atom is 0.271 e. The summed E-state index contributed by atoms with van der Waals surface area (Å²) in [4.78, 5) is 12.0. The predicted octanol–water partition coefficient (Wildman–Crippen LogP) is 2.19. The summed E-state index contributed by atoms with van der Waals surface area (Å²) in [6.45, 7) is 0.225. The molecule has 0 unspecified atom stereocenters. The van der Waals surface area contributed by atoms with Crippen LogP contribution in [0, 0.1) is 0 Å². The second-order valence-electron chi connectivity index (χ2n) is 4.54. The first-order chi connectivity index (χ1) is 10.8. The van der Waals surface area contributed by atoms with E-state index in [1.54, 1.807) is 49.7 Å². The number of rotatable bonds is 4. The minimum absolute atomic E-state index is 0.225. The van der Waals surface area contributed by atoms with Gasteiger partial charge in [-0.2, -0.15) is 5.10 Å². The van der Waals surface area contributed by atoms with Gasteiger partial charge in [-0.15, -0.1) is 0 Å². The lowest BCUT2D eigenvalue weighted by atomic mass is 10.2. The number of hydrogen-bond acceptors (Lipinski definition) is 5. The van der Waals surface area contributed by atoms with Crippen molar-refractivity contribution in [1.29, 1.82) is 0 Å². The van der Waals surface area contributed by atoms with E-state index in [2.05, 4.69) is 10.5 Å². The molecule has 6 nitrogen and oxygen atoms in total. The Morgan fingerprint density at radius 3 is 2.95 bits per heavy atom. The fraction of sp³-hybridized carbons (Fsp3) is 0.125. The molecule has 6 heteroatoms. The number of carbonyl (C=O) groups excluding carboxylic acids is 1. The smallest absolute Gasteiger partial charge is 0.271 e. The van der Waals surface area contributed by atoms with E-state index in [-0.39, 0.29) is 12.7 Å². The van der Waals surface area contributed by atoms with Crippen LogP contribution in [0.4, 0.5) is 0 Å². The molecular weight excluding hydrogens is 284 g/mol. The van der Waals surface area contributed by atoms with E-state index < -0.39 is 0 Å². The van der Waals surface area contributed by atoms with Crippen molar-refractivity contribution < 1.29 is 19.0 Å². The normalized spacial score (nSPS) is 12.4. The van der Waals surface area contributed by atoms with Crippen LogP contribution < -0.4 is 19.6 Å². The maximum absolute atomic E-state index is 12.0. The lowest BCUT2D eigenvalue weighted by Crippen LogP contribution is -2.17. The van der Waals surface area contributed by atoms with Crippen LogP contribution >= 0.6 is 0 Å². The van der Waals surface area contributed by atoms with E-state index in [1.165, 1.54) is 0 Å². The van der Waals surface area contributed by atoms with Gasteiger partial charge in [0.1, 0.15) is 5.75 Å². The van der Waals surface area contributed by atoms with E-state index in [1.807, 2.05) is 6.07 Å². The van der Waals surface area contributed by atoms with Crippen LogP contribution in [0.3, 0.4) is 0 Å². The van der Waals surface area contributed by atoms with Gasteiger partial charge in [0.05, 0.1) is 13.3 Å². The van der Waals surface area contributed by atoms with E-state index >= 15 is 0 Å². The Hall–Kier alpha value is -3.02. The van der Waals surface area contributed by atoms with Crippen LogP contribution in [-0.4, -0.2) is 26.0 Å². The van der Waals surface area contributed by atoms with Gasteiger partial charge >= 0.3 is 0 Å². The van der Waals surface area contributed by atoms with Crippen LogP contribution in [0.25, 0.3) is 0 Å². The fourth-order valence-electron chi connectivity index (χ4n) is 1.99. The van der Waals surface area contributed by atoms with Gasteiger partial charge in [0, 0.05) is 5.56 Å². The quantitative estimate of drug-likeness (QED) is 0.694. The Bertz CT molecular complexity index is 728. The fourth-order valence-corrected chi connectivity index (χ4v) is 1.99. The molecule has 0 saturated carbocycles. The van der Waals surface area contributed by atoms with Crippen LogP contribution in [0.15, 0.2) is 47.6 Å². The molecule has 3 rings (SSSR count). The van der Waals surface area contributed by atoms with Crippen molar-refractivity contribution in [2.24, 2.45) is 5.10 Å². The highest BCUT2D eigenvalue weighted by molar-refractivity contribution is 5.95. The van der Waals surface area contributed by atoms with Gasteiger partial charge in [0.15, 0.2) is 11.5 Å². The number of amides is 1. The Morgan fingerprint density at radius 2 is 2.09 bits per heavy atom. The molecule has 0 bridgehead atoms. The van der Waals surface area contributed by atoms with Crippen LogP contribution in [0.5, 0.6) is 17.2 Å². The van der Waals surface area contributed by atoms with Crippen molar-refractivity contribution in [3.8, 4) is 17.2 Å². The zero-order valence-electron chi connectivity index (χ0n) is 11.9. The summed E-state index contributed by atoms with van der Waals surface area (Å²) in [6, 6.07) is 12.3. The first kappa shape index (κ1) is 13.9. The van der Waals surface area contributed by atoms with Gasteiger partial charge in [-0.05, 0) is 42.0 Å². The monoisotopic (exact) mass is 298 g/mol. The number of carbonyl (C=O) groups is 1. The van der Waals surface area contributed by atoms with Gasteiger partial charge in [0.2, 0.25) is 6.79 Å². The number of hydrazone groups is 1. The Balaban J connectivity index is 1.65. The minimum Gasteiger partial charge on any atom is -0.497 e. The molecule has 22 heavy (non-hydrogen) atoms. The Kier molecular flexibility index (Phi) is 3.91. The number of methoxy groups -OCH3 is 1. The third-order valence-corrected chi connectivity index (χ3v) is 3.11. The number of hydrogen-bond donors (Lipinski definition) is 1. The molecule has 1 heterocycles. The summed E-state index contributed by atoms with van der Waals surface area (Å²) in [5.74, 6) is 1.68. The second-order valence-corrected chi connectivity index (χ2v) is 4.54. The van der Waals surface area contributed by atoms with Gasteiger partial charge < -0.3 is 14.2 Å². The molecule has 0 aromatic heterocycles. The van der Waals surface area contributed by atoms with Crippen molar-refractivity contribution in [3.63, 3.8) is 0 Å². The molecular formula is C16H14N2O4. The highest BCUT2D eigenvalue weighted by Crippen LogP contribution is 2.31. The molecule has 0 atom stereocenters. The third kappa shape index (κ3) is 3.01. The van der Waals surface area contributed by atoms with Gasteiger partial charge in [0.25, 0.3) is 5.91 Å². The van der Waals surface area contributed by atoms with Gasteiger partial charge in [-0.25, -0.2) is 5.43 Å². The highest BCUT2D eigenvalue weighted by Gasteiger charge is 2.12. The van der Waals surface area contributed by atoms with Crippen LogP contribution in [-0.2, 0) is 0 Å². The van der Waals surface area contributed by atoms with Crippen molar-refractivity contribution in [2.75, 3.05) is 13.9 Å². The van der Waals surface area contributed by atoms with Gasteiger partial charge in [-0.3, -0.25) is 4.79 Å². The van der Waals surface area contributed by atoms with Crippen molar-refractivity contribution in [1.82, 2.24) is 5.43 Å². The number of nitrogens with zero attached hydrogens (tertiary/aromatic N) is 1. The lowest BCUT2D eigenvalue weighted by Gasteiger charge is -2.03. The van der Waals surface area contributed by atoms with Crippen molar-refractivity contribution >= 4 is 12.1 Å². The third-order valence-electron chi connectivity index (χ3n) is 3.11. The van der Waals surface area contributed by atoms with Crippen LogP contribution in [0.2, 0.25) is 0 Å². The van der Waals surface area contributed by atoms with Gasteiger partial charge in [-0.1, -0.05) is 6.07 Å². The highest BCUT2D eigenvalue weighted by atomic mass is 16.7. The number of benzene rings is 2. The Labute approximate surface area is 127 Å². The molecule has 1 aliphatic rings. The molecule has 1 N–H and O–H groups in total. The molecule has 112 valence electrons. The van der Waals surface area contributed by atoms with E-state index in [0.717, 1.165) is 5.56 Å². The second kappa shape index (κ2) is 6.17. The lowest BCUT2D eigenvalue weighted by molar-refractivity contribution is 0.0955. The molecule has 0 spiro atoms. The molecule has 1 aliphatic heterocycles. The van der Waals surface area contributed by atoms with E-state index in [4.69, 9.17) is 14.2 Å². The summed E-state index contributed by atoms with van der Waals surface area (Å²) in [6.07, 6.45) is 1.54. The zero-order chi connectivity index (χ0) is 15.4. The standard InChI is InChI=1S/C16H14N2O4/c1-20-13-4-2-3-12(8-13)16(19)18-17-9-11-5-6-14-15(7-11)22-10-21-14/h2-9H,10H2,1H3,(H,18,19)/b17-9+. The number of ether oxygens (including phenoxy) is 3. The average Bonchev–Trinajstić information content (AvgIpc) is 3.02. The SMILES string of the molecule is COc1cccc(C(=O)N/N=C/c2ccc3c(c2)OCO3)c1. The number of nitrogens with one attached hydrogen (secondary N) is 1.